The van der Waals surface area contributed by atoms with Gasteiger partial charge in [0.15, 0.2) is 5.11 Å². The maximum atomic E-state index is 11.4. The van der Waals surface area contributed by atoms with Gasteiger partial charge in [0.2, 0.25) is 11.7 Å². The van der Waals surface area contributed by atoms with Crippen molar-refractivity contribution in [1.29, 1.82) is 0 Å². The first-order valence-electron chi connectivity index (χ1n) is 7.04. The van der Waals surface area contributed by atoms with Crippen LogP contribution < -0.4 is 10.6 Å². The summed E-state index contributed by atoms with van der Waals surface area (Å²) in [6.45, 7) is 1.92. The summed E-state index contributed by atoms with van der Waals surface area (Å²) in [6, 6.07) is 10.1. The van der Waals surface area contributed by atoms with E-state index in [0.29, 0.717) is 17.9 Å². The molecular weight excluding hydrogens is 316 g/mol. The SMILES string of the molecule is CCCC(=O)NC(=S)Nc1ccc(-c2ccc(C(=O)O)o2)cc1. The summed E-state index contributed by atoms with van der Waals surface area (Å²) in [5.74, 6) is -0.879. The maximum Gasteiger partial charge on any atom is 0.371 e. The topological polar surface area (TPSA) is 91.6 Å². The molecule has 2 rings (SSSR count). The maximum absolute atomic E-state index is 11.4. The van der Waals surface area contributed by atoms with Gasteiger partial charge in [0.05, 0.1) is 0 Å². The Bertz CT molecular complexity index is 722. The van der Waals surface area contributed by atoms with Gasteiger partial charge < -0.3 is 20.2 Å². The Labute approximate surface area is 138 Å². The molecule has 0 aliphatic carbocycles. The number of hydrogen-bond donors (Lipinski definition) is 3. The second-order valence-corrected chi connectivity index (χ2v) is 5.21. The van der Waals surface area contributed by atoms with Crippen LogP contribution in [0.25, 0.3) is 11.3 Å². The second-order valence-electron chi connectivity index (χ2n) is 4.80. The molecule has 0 fully saturated rings. The van der Waals surface area contributed by atoms with Crippen LogP contribution in [0.5, 0.6) is 0 Å². The van der Waals surface area contributed by atoms with Gasteiger partial charge in [-0.3, -0.25) is 4.79 Å². The number of carbonyl (C=O) groups is 2. The number of benzene rings is 1. The lowest BCUT2D eigenvalue weighted by Crippen LogP contribution is -2.33. The van der Waals surface area contributed by atoms with Crippen LogP contribution in [0.15, 0.2) is 40.8 Å². The number of hydrogen-bond acceptors (Lipinski definition) is 4. The first-order valence-corrected chi connectivity index (χ1v) is 7.45. The quantitative estimate of drug-likeness (QED) is 0.728. The number of carboxylic acid groups (broad SMARTS) is 1. The highest BCUT2D eigenvalue weighted by Gasteiger charge is 2.10. The van der Waals surface area contributed by atoms with E-state index in [1.165, 1.54) is 6.07 Å². The first-order chi connectivity index (χ1) is 11.0. The fraction of sp³-hybridized carbons (Fsp3) is 0.188. The lowest BCUT2D eigenvalue weighted by atomic mass is 10.1. The zero-order valence-corrected chi connectivity index (χ0v) is 13.3. The normalized spacial score (nSPS) is 10.1. The molecule has 0 bridgehead atoms. The zero-order valence-electron chi connectivity index (χ0n) is 12.5. The lowest BCUT2D eigenvalue weighted by molar-refractivity contribution is -0.119. The molecule has 0 unspecified atom stereocenters. The molecule has 0 aliphatic heterocycles. The molecule has 2 aromatic rings. The molecular formula is C16H16N2O4S. The summed E-state index contributed by atoms with van der Waals surface area (Å²) in [6.07, 6.45) is 1.18. The summed E-state index contributed by atoms with van der Waals surface area (Å²) < 4.78 is 5.23. The zero-order chi connectivity index (χ0) is 16.8. The Morgan fingerprint density at radius 1 is 1.17 bits per heavy atom. The molecule has 6 nitrogen and oxygen atoms in total. The number of carbonyl (C=O) groups excluding carboxylic acids is 1. The van der Waals surface area contributed by atoms with Crippen LogP contribution in [-0.2, 0) is 4.79 Å². The van der Waals surface area contributed by atoms with Gasteiger partial charge in [-0.1, -0.05) is 6.92 Å². The Morgan fingerprint density at radius 2 is 1.87 bits per heavy atom. The van der Waals surface area contributed by atoms with E-state index in [1.807, 2.05) is 6.92 Å². The summed E-state index contributed by atoms with van der Waals surface area (Å²) in [5, 5.41) is 14.6. The number of rotatable bonds is 5. The smallest absolute Gasteiger partial charge is 0.371 e. The number of anilines is 1. The minimum atomic E-state index is -1.11. The van der Waals surface area contributed by atoms with Crippen LogP contribution in [0, 0.1) is 0 Å². The number of aromatic carboxylic acids is 1. The van der Waals surface area contributed by atoms with E-state index < -0.39 is 5.97 Å². The van der Waals surface area contributed by atoms with Crippen molar-refractivity contribution in [2.24, 2.45) is 0 Å². The van der Waals surface area contributed by atoms with Crippen LogP contribution in [-0.4, -0.2) is 22.1 Å². The van der Waals surface area contributed by atoms with Crippen molar-refractivity contribution in [2.75, 3.05) is 5.32 Å². The second kappa shape index (κ2) is 7.55. The standard InChI is InChI=1S/C16H16N2O4S/c1-2-3-14(19)18-16(23)17-11-6-4-10(5-7-11)12-8-9-13(22-12)15(20)21/h4-9H,2-3H2,1H3,(H,20,21)(H2,17,18,19,23). The van der Waals surface area contributed by atoms with Gasteiger partial charge in [0, 0.05) is 17.7 Å². The average molecular weight is 332 g/mol. The minimum absolute atomic E-state index is 0.109. The average Bonchev–Trinajstić information content (AvgIpc) is 2.98. The van der Waals surface area contributed by atoms with E-state index in [-0.39, 0.29) is 16.8 Å². The van der Waals surface area contributed by atoms with Crippen LogP contribution in [0.2, 0.25) is 0 Å². The van der Waals surface area contributed by atoms with E-state index >= 15 is 0 Å². The molecule has 1 aromatic carbocycles. The van der Waals surface area contributed by atoms with E-state index in [2.05, 4.69) is 10.6 Å². The van der Waals surface area contributed by atoms with Crippen LogP contribution in [0.3, 0.4) is 0 Å². The molecule has 3 N–H and O–H groups in total. The molecule has 0 radical (unpaired) electrons. The van der Waals surface area contributed by atoms with E-state index in [9.17, 15) is 9.59 Å². The van der Waals surface area contributed by atoms with Crippen molar-refractivity contribution in [3.05, 3.63) is 42.2 Å². The van der Waals surface area contributed by atoms with Gasteiger partial charge in [0.25, 0.3) is 0 Å². The summed E-state index contributed by atoms with van der Waals surface area (Å²) in [7, 11) is 0. The number of furan rings is 1. The van der Waals surface area contributed by atoms with E-state index in [1.54, 1.807) is 30.3 Å². The molecule has 120 valence electrons. The van der Waals surface area contributed by atoms with Crippen LogP contribution >= 0.6 is 12.2 Å². The van der Waals surface area contributed by atoms with E-state index in [4.69, 9.17) is 21.7 Å². The van der Waals surface area contributed by atoms with Crippen molar-refractivity contribution in [3.8, 4) is 11.3 Å². The Morgan fingerprint density at radius 3 is 2.43 bits per heavy atom. The Kier molecular flexibility index (Phi) is 5.48. The highest BCUT2D eigenvalue weighted by Crippen LogP contribution is 2.23. The molecule has 23 heavy (non-hydrogen) atoms. The minimum Gasteiger partial charge on any atom is -0.475 e. The van der Waals surface area contributed by atoms with Crippen LogP contribution in [0.4, 0.5) is 5.69 Å². The Balaban J connectivity index is 2.00. The molecule has 0 saturated carbocycles. The molecule has 1 amide bonds. The number of carboxylic acids is 1. The van der Waals surface area contributed by atoms with Crippen LogP contribution in [0.1, 0.15) is 30.3 Å². The van der Waals surface area contributed by atoms with Crippen molar-refractivity contribution in [1.82, 2.24) is 5.32 Å². The molecule has 0 aliphatic rings. The fourth-order valence-corrected chi connectivity index (χ4v) is 2.14. The van der Waals surface area contributed by atoms with Crippen molar-refractivity contribution < 1.29 is 19.1 Å². The summed E-state index contributed by atoms with van der Waals surface area (Å²) in [5.41, 5.74) is 1.45. The number of amides is 1. The molecule has 1 heterocycles. The predicted octanol–water partition coefficient (Wildman–Crippen LogP) is 3.26. The van der Waals surface area contributed by atoms with Crippen molar-refractivity contribution in [3.63, 3.8) is 0 Å². The monoisotopic (exact) mass is 332 g/mol. The molecule has 0 atom stereocenters. The predicted molar refractivity (Wildman–Crippen MR) is 90.4 cm³/mol. The number of thiocarbonyl (C=S) groups is 1. The summed E-state index contributed by atoms with van der Waals surface area (Å²) >= 11 is 5.06. The van der Waals surface area contributed by atoms with Gasteiger partial charge in [-0.15, -0.1) is 0 Å². The van der Waals surface area contributed by atoms with Crippen molar-refractivity contribution >= 4 is 34.9 Å². The van der Waals surface area contributed by atoms with E-state index in [0.717, 1.165) is 12.0 Å². The fourth-order valence-electron chi connectivity index (χ4n) is 1.90. The van der Waals surface area contributed by atoms with Gasteiger partial charge in [-0.2, -0.15) is 0 Å². The third kappa shape index (κ3) is 4.65. The molecule has 0 spiro atoms. The highest BCUT2D eigenvalue weighted by atomic mass is 32.1. The van der Waals surface area contributed by atoms with Crippen molar-refractivity contribution in [2.45, 2.75) is 19.8 Å². The highest BCUT2D eigenvalue weighted by molar-refractivity contribution is 7.80. The Hall–Kier alpha value is -2.67. The van der Waals surface area contributed by atoms with Gasteiger partial charge in [0.1, 0.15) is 5.76 Å². The third-order valence-corrected chi connectivity index (χ3v) is 3.18. The molecule has 1 aromatic heterocycles. The molecule has 0 saturated heterocycles. The summed E-state index contributed by atoms with van der Waals surface area (Å²) in [4.78, 5) is 22.2. The van der Waals surface area contributed by atoms with Gasteiger partial charge >= 0.3 is 5.97 Å². The van der Waals surface area contributed by atoms with Gasteiger partial charge in [-0.25, -0.2) is 4.79 Å². The van der Waals surface area contributed by atoms with Gasteiger partial charge in [-0.05, 0) is 55.0 Å². The molecule has 7 heteroatoms. The largest absolute Gasteiger partial charge is 0.475 e. The first kappa shape index (κ1) is 16.7. The lowest BCUT2D eigenvalue weighted by Gasteiger charge is -2.09. The third-order valence-electron chi connectivity index (χ3n) is 2.97. The number of nitrogens with one attached hydrogen (secondary N) is 2.